The summed E-state index contributed by atoms with van der Waals surface area (Å²) in [5.41, 5.74) is 14.6. The fraction of sp³-hybridized carbons (Fsp3) is 0.273. The second kappa shape index (κ2) is 9.85. The predicted octanol–water partition coefficient (Wildman–Crippen LogP) is 1.29. The molecule has 0 aromatic carbocycles. The van der Waals surface area contributed by atoms with Crippen LogP contribution in [0.1, 0.15) is 44.2 Å². The van der Waals surface area contributed by atoms with Crippen molar-refractivity contribution >= 4 is 55.6 Å². The SMILES string of the molecule is Nc1[nH]c([C@H]2[C@H](CNC(=O)c3cc(Br)c[nH]3)[C@@H](CNC(=O)c3cc(Br)c[nH]3)[C@@H]2c2c[nH+]c(N)[nH]2)c[nH+]1. The van der Waals surface area contributed by atoms with Crippen molar-refractivity contribution in [2.75, 3.05) is 24.6 Å². The van der Waals surface area contributed by atoms with Gasteiger partial charge in [0.05, 0.1) is 12.4 Å². The number of nitrogen functional groups attached to an aromatic ring is 2. The highest BCUT2D eigenvalue weighted by Gasteiger charge is 2.54. The van der Waals surface area contributed by atoms with Crippen LogP contribution in [-0.2, 0) is 0 Å². The molecule has 4 heterocycles. The minimum atomic E-state index is -0.211. The van der Waals surface area contributed by atoms with Gasteiger partial charge in [-0.1, -0.05) is 0 Å². The molecular weight excluding hydrogens is 596 g/mol. The summed E-state index contributed by atoms with van der Waals surface area (Å²) in [6.07, 6.45) is 7.09. The van der Waals surface area contributed by atoms with Gasteiger partial charge in [0.2, 0.25) is 0 Å². The molecule has 188 valence electrons. The number of hydrogen-bond donors (Lipinski definition) is 8. The lowest BCUT2D eigenvalue weighted by Gasteiger charge is -2.50. The average Bonchev–Trinajstić information content (AvgIpc) is 3.63. The molecule has 0 saturated heterocycles. The van der Waals surface area contributed by atoms with Gasteiger partial charge >= 0.3 is 11.9 Å². The van der Waals surface area contributed by atoms with E-state index in [0.29, 0.717) is 36.4 Å². The molecule has 4 atom stereocenters. The van der Waals surface area contributed by atoms with Crippen molar-refractivity contribution in [1.82, 2.24) is 30.6 Å². The summed E-state index contributed by atoms with van der Waals surface area (Å²) < 4.78 is 1.59. The Morgan fingerprint density at radius 2 is 1.22 bits per heavy atom. The standard InChI is InChI=1S/C22H24Br2N10O2/c23-9-1-13(27-3-9)19(35)29-5-11-12(6-30-20(36)14-2-10(24)4-28-14)18(16-8-32-22(26)34-16)17(11)15-7-31-21(25)33-15/h1-4,7-8,11-12,17-18,27-28H,5-6H2,(H,29,35)(H,30,36)(H3,25,31,33)(H3,26,32,34)/p+2/t11-,12-,17-,18-/m1/s1. The maximum atomic E-state index is 12.8. The topological polar surface area (TPSA) is 202 Å². The lowest BCUT2D eigenvalue weighted by atomic mass is 9.54. The summed E-state index contributed by atoms with van der Waals surface area (Å²) >= 11 is 6.71. The highest BCUT2D eigenvalue weighted by atomic mass is 79.9. The Bertz CT molecular complexity index is 1280. The largest absolute Gasteiger partial charge is 0.356 e. The molecule has 12 nitrogen and oxygen atoms in total. The number of rotatable bonds is 8. The van der Waals surface area contributed by atoms with Crippen LogP contribution in [0.5, 0.6) is 0 Å². The smallest absolute Gasteiger partial charge is 0.350 e. The fourth-order valence-corrected chi connectivity index (χ4v) is 5.75. The van der Waals surface area contributed by atoms with E-state index in [1.54, 1.807) is 24.5 Å². The Kier molecular flexibility index (Phi) is 6.62. The minimum absolute atomic E-state index is 0.0102. The van der Waals surface area contributed by atoms with Crippen LogP contribution in [-0.4, -0.2) is 44.8 Å². The normalized spacial score (nSPS) is 21.2. The van der Waals surface area contributed by atoms with Crippen LogP contribution in [0.25, 0.3) is 0 Å². The van der Waals surface area contributed by atoms with Crippen molar-refractivity contribution in [3.63, 3.8) is 0 Å². The van der Waals surface area contributed by atoms with Crippen molar-refractivity contribution in [2.45, 2.75) is 11.8 Å². The lowest BCUT2D eigenvalue weighted by molar-refractivity contribution is -0.359. The van der Waals surface area contributed by atoms with Gasteiger partial charge in [0.15, 0.2) is 0 Å². The predicted molar refractivity (Wildman–Crippen MR) is 138 cm³/mol. The molecule has 2 amide bonds. The molecule has 4 aromatic rings. The number of aromatic amines is 6. The molecular formula is C22H26Br2N10O2+2. The summed E-state index contributed by atoms with van der Waals surface area (Å²) in [5.74, 6) is 0.384. The molecule has 0 spiro atoms. The number of nitrogens with one attached hydrogen (secondary N) is 8. The van der Waals surface area contributed by atoms with Gasteiger partial charge in [-0.15, -0.1) is 0 Å². The molecule has 0 radical (unpaired) electrons. The van der Waals surface area contributed by atoms with Gasteiger partial charge in [-0.25, -0.2) is 19.9 Å². The second-order valence-electron chi connectivity index (χ2n) is 8.83. The number of carbonyl (C=O) groups excluding carboxylic acids is 2. The monoisotopic (exact) mass is 620 g/mol. The molecule has 1 saturated carbocycles. The minimum Gasteiger partial charge on any atom is -0.356 e. The van der Waals surface area contributed by atoms with E-state index in [-0.39, 0.29) is 35.5 Å². The maximum Gasteiger partial charge on any atom is 0.350 e. The van der Waals surface area contributed by atoms with E-state index in [2.05, 4.69) is 72.4 Å². The second-order valence-corrected chi connectivity index (χ2v) is 10.7. The van der Waals surface area contributed by atoms with Gasteiger partial charge in [0.25, 0.3) is 11.8 Å². The zero-order valence-corrected chi connectivity index (χ0v) is 22.1. The first kappa shape index (κ1) is 24.2. The fourth-order valence-electron chi connectivity index (χ4n) is 5.06. The summed E-state index contributed by atoms with van der Waals surface area (Å²) in [7, 11) is 0. The van der Waals surface area contributed by atoms with E-state index in [9.17, 15) is 9.59 Å². The third-order valence-electron chi connectivity index (χ3n) is 6.68. The third kappa shape index (κ3) is 4.78. The number of carbonyl (C=O) groups is 2. The molecule has 1 fully saturated rings. The molecule has 36 heavy (non-hydrogen) atoms. The molecule has 1 aliphatic rings. The van der Waals surface area contributed by atoms with Crippen LogP contribution in [0.2, 0.25) is 0 Å². The van der Waals surface area contributed by atoms with Crippen LogP contribution in [0.4, 0.5) is 11.9 Å². The zero-order chi connectivity index (χ0) is 25.4. The first-order chi connectivity index (χ1) is 17.3. The van der Waals surface area contributed by atoms with Gasteiger partial charge < -0.3 is 20.6 Å². The Morgan fingerprint density at radius 1 is 0.806 bits per heavy atom. The van der Waals surface area contributed by atoms with Crippen molar-refractivity contribution in [3.8, 4) is 0 Å². The van der Waals surface area contributed by atoms with E-state index in [1.807, 2.05) is 12.4 Å². The van der Waals surface area contributed by atoms with Gasteiger partial charge in [-0.05, 0) is 55.8 Å². The van der Waals surface area contributed by atoms with Gasteiger partial charge in [0, 0.05) is 46.3 Å². The number of imidazole rings is 2. The van der Waals surface area contributed by atoms with E-state index in [1.165, 1.54) is 0 Å². The zero-order valence-electron chi connectivity index (χ0n) is 18.9. The quantitative estimate of drug-likeness (QED) is 0.146. The van der Waals surface area contributed by atoms with Crippen LogP contribution in [0.3, 0.4) is 0 Å². The Balaban J connectivity index is 1.40. The Morgan fingerprint density at radius 3 is 1.53 bits per heavy atom. The number of anilines is 2. The van der Waals surface area contributed by atoms with Gasteiger partial charge in [-0.3, -0.25) is 21.1 Å². The van der Waals surface area contributed by atoms with Crippen LogP contribution >= 0.6 is 31.9 Å². The van der Waals surface area contributed by atoms with Crippen molar-refractivity contribution < 1.29 is 19.6 Å². The van der Waals surface area contributed by atoms with E-state index in [0.717, 1.165) is 20.3 Å². The molecule has 5 rings (SSSR count). The molecule has 0 aliphatic heterocycles. The molecule has 14 heteroatoms. The van der Waals surface area contributed by atoms with E-state index < -0.39 is 0 Å². The van der Waals surface area contributed by atoms with Gasteiger partial charge in [-0.2, -0.15) is 0 Å². The van der Waals surface area contributed by atoms with Crippen molar-refractivity contribution in [3.05, 3.63) is 68.6 Å². The van der Waals surface area contributed by atoms with E-state index in [4.69, 9.17) is 11.5 Å². The van der Waals surface area contributed by atoms with Crippen molar-refractivity contribution in [2.24, 2.45) is 11.8 Å². The van der Waals surface area contributed by atoms with Crippen LogP contribution in [0, 0.1) is 11.8 Å². The third-order valence-corrected chi connectivity index (χ3v) is 7.60. The number of H-pyrrole nitrogens is 6. The van der Waals surface area contributed by atoms with Gasteiger partial charge in [0.1, 0.15) is 22.8 Å². The molecule has 1 aliphatic carbocycles. The number of hydrogen-bond acceptors (Lipinski definition) is 4. The summed E-state index contributed by atoms with van der Waals surface area (Å²) in [6.45, 7) is 0.786. The summed E-state index contributed by atoms with van der Waals surface area (Å²) in [5, 5.41) is 6.07. The lowest BCUT2D eigenvalue weighted by Crippen LogP contribution is -2.53. The molecule has 0 bridgehead atoms. The Hall–Kier alpha value is -3.52. The Labute approximate surface area is 222 Å². The number of nitrogens with two attached hydrogens (primary N) is 2. The first-order valence-corrected chi connectivity index (χ1v) is 12.8. The van der Waals surface area contributed by atoms with Crippen molar-refractivity contribution in [1.29, 1.82) is 0 Å². The van der Waals surface area contributed by atoms with Crippen LogP contribution in [0.15, 0.2) is 45.9 Å². The summed E-state index contributed by atoms with van der Waals surface area (Å²) in [4.78, 5) is 43.8. The number of amides is 2. The summed E-state index contributed by atoms with van der Waals surface area (Å²) in [6, 6.07) is 3.45. The average molecular weight is 622 g/mol. The maximum absolute atomic E-state index is 12.8. The highest BCUT2D eigenvalue weighted by Crippen LogP contribution is 2.56. The molecule has 4 aromatic heterocycles. The van der Waals surface area contributed by atoms with E-state index >= 15 is 0 Å². The van der Waals surface area contributed by atoms with Crippen LogP contribution < -0.4 is 32.1 Å². The highest BCUT2D eigenvalue weighted by molar-refractivity contribution is 9.10. The number of halogens is 2. The molecule has 0 unspecified atom stereocenters. The molecule has 12 N–H and O–H groups in total. The number of aromatic nitrogens is 6. The first-order valence-electron chi connectivity index (χ1n) is 11.3.